The van der Waals surface area contributed by atoms with Crippen LogP contribution in [0.4, 0.5) is 0 Å². The molecule has 2 nitrogen and oxygen atoms in total. The Morgan fingerprint density at radius 2 is 0.714 bits per heavy atom. The third kappa shape index (κ3) is 7.50. The fourth-order valence-corrected chi connectivity index (χ4v) is 20.2. The maximum Gasteiger partial charge on any atom is 0.114 e. The van der Waals surface area contributed by atoms with E-state index in [1.165, 1.54) is 145 Å². The number of hydrogen-bond acceptors (Lipinski definition) is 11. The Labute approximate surface area is 444 Å². The van der Waals surface area contributed by atoms with Gasteiger partial charge in [0.05, 0.1) is 11.7 Å². The van der Waals surface area contributed by atoms with E-state index in [2.05, 4.69) is 177 Å². The maximum atomic E-state index is 4.92. The molecule has 12 aromatic rings. The fourth-order valence-electron chi connectivity index (χ4n) is 10.1. The van der Waals surface area contributed by atoms with Crippen molar-refractivity contribution >= 4 is 113 Å². The molecule has 1 aliphatic rings. The van der Waals surface area contributed by atoms with Crippen LogP contribution in [0.3, 0.4) is 0 Å². The van der Waals surface area contributed by atoms with Crippen molar-refractivity contribution < 1.29 is 0 Å². The number of benzene rings is 3. The number of rotatable bonds is 9. The highest BCUT2D eigenvalue weighted by atomic mass is 32.1. The second kappa shape index (κ2) is 17.1. The van der Waals surface area contributed by atoms with Crippen LogP contribution in [0.25, 0.3) is 112 Å². The Kier molecular flexibility index (Phi) is 11.0. The number of hydrogen-bond donors (Lipinski definition) is 0. The van der Waals surface area contributed by atoms with E-state index in [1.54, 1.807) is 0 Å². The molecule has 0 bridgehead atoms. The molecule has 0 atom stereocenters. The third-order valence-electron chi connectivity index (χ3n) is 13.7. The first-order valence-electron chi connectivity index (χ1n) is 23.2. The van der Waals surface area contributed by atoms with E-state index in [0.29, 0.717) is 0 Å². The summed E-state index contributed by atoms with van der Waals surface area (Å²) in [5.74, 6) is 0. The molecule has 11 heteroatoms. The molecule has 0 unspecified atom stereocenters. The van der Waals surface area contributed by atoms with Gasteiger partial charge in [-0.25, -0.2) is 0 Å². The summed E-state index contributed by atoms with van der Waals surface area (Å²) in [5, 5.41) is 0. The molecule has 0 radical (unpaired) electrons. The monoisotopic (exact) mass is 1070 g/mol. The molecule has 9 aromatic heterocycles. The maximum absolute atomic E-state index is 4.92. The molecule has 3 aromatic carbocycles. The molecule has 13 rings (SSSR count). The van der Waals surface area contributed by atoms with Gasteiger partial charge in [0.25, 0.3) is 0 Å². The Morgan fingerprint density at radius 1 is 0.329 bits per heavy atom. The Hall–Kier alpha value is -4.92. The van der Waals surface area contributed by atoms with E-state index in [0.717, 1.165) is 22.2 Å². The van der Waals surface area contributed by atoms with Crippen molar-refractivity contribution in [1.29, 1.82) is 0 Å². The van der Waals surface area contributed by atoms with Crippen molar-refractivity contribution in [3.05, 3.63) is 165 Å². The summed E-state index contributed by atoms with van der Waals surface area (Å²) < 4.78 is 9.84. The van der Waals surface area contributed by atoms with Crippen LogP contribution in [0, 0.1) is 41.5 Å². The van der Waals surface area contributed by atoms with E-state index < -0.39 is 0 Å². The van der Waals surface area contributed by atoms with Gasteiger partial charge in [-0.1, -0.05) is 61.9 Å². The van der Waals surface area contributed by atoms with Crippen molar-refractivity contribution in [2.24, 2.45) is 0 Å². The third-order valence-corrected chi connectivity index (χ3v) is 24.6. The molecule has 0 saturated heterocycles. The van der Waals surface area contributed by atoms with Crippen molar-refractivity contribution in [2.75, 3.05) is 0 Å². The minimum Gasteiger partial charge on any atom is -0.172 e. The summed E-state index contributed by atoms with van der Waals surface area (Å²) in [5.41, 5.74) is 17.8. The lowest BCUT2D eigenvalue weighted by Crippen LogP contribution is -2.15. The first-order valence-corrected chi connectivity index (χ1v) is 30.4. The normalized spacial score (nSPS) is 13.0. The van der Waals surface area contributed by atoms with Crippen molar-refractivity contribution in [3.63, 3.8) is 0 Å². The molecule has 0 fully saturated rings. The fraction of sp³-hybridized carbons (Fsp3) is 0.153. The molecule has 0 N–H and O–H groups in total. The first kappa shape index (κ1) is 45.0. The standard InChI is InChI=1S/C59H44N2S9/c1-29-9-11-36-37-12-10-35(28-41(37)59(7,8)40(36)23-29)50-25-31(3)56(67-50)47-20-16-44(64-47)45-18-22-49(66-45)58-33(5)27-52(69-58)39-14-13-38(53-54(39)61-70-60-53)51-26-32(4)57(68-51)48-21-17-43(65-48)42-15-19-46(63-42)55-30(2)24-34(6)62-55/h9-28H,1-8H3. The smallest absolute Gasteiger partial charge is 0.114 e. The lowest BCUT2D eigenvalue weighted by Gasteiger charge is -2.22. The van der Waals surface area contributed by atoms with Gasteiger partial charge in [0.2, 0.25) is 0 Å². The topological polar surface area (TPSA) is 25.8 Å². The molecule has 0 aliphatic heterocycles. The van der Waals surface area contributed by atoms with Crippen LogP contribution < -0.4 is 0 Å². The second-order valence-electron chi connectivity index (χ2n) is 18.9. The zero-order chi connectivity index (χ0) is 47.7. The molecule has 70 heavy (non-hydrogen) atoms. The lowest BCUT2D eigenvalue weighted by atomic mass is 9.81. The van der Waals surface area contributed by atoms with Gasteiger partial charge in [-0.2, -0.15) is 8.75 Å². The molecule has 0 saturated carbocycles. The van der Waals surface area contributed by atoms with Crippen molar-refractivity contribution in [3.8, 4) is 101 Å². The molecule has 0 spiro atoms. The number of aryl methyl sites for hydroxylation is 6. The summed E-state index contributed by atoms with van der Waals surface area (Å²) in [6.07, 6.45) is 0. The molecular formula is C59H44N2S9. The molecule has 9 heterocycles. The lowest BCUT2D eigenvalue weighted by molar-refractivity contribution is 0.660. The number of thiophene rings is 8. The van der Waals surface area contributed by atoms with Gasteiger partial charge in [-0.05, 0) is 170 Å². The minimum absolute atomic E-state index is 0.0180. The van der Waals surface area contributed by atoms with E-state index in [9.17, 15) is 0 Å². The van der Waals surface area contributed by atoms with Gasteiger partial charge in [0.15, 0.2) is 0 Å². The van der Waals surface area contributed by atoms with Crippen LogP contribution in [0.5, 0.6) is 0 Å². The van der Waals surface area contributed by atoms with Crippen LogP contribution in [-0.4, -0.2) is 8.75 Å². The molecule has 1 aliphatic carbocycles. The quantitative estimate of drug-likeness (QED) is 0.144. The molecule has 0 amide bonds. The van der Waals surface area contributed by atoms with Crippen LogP contribution in [0.15, 0.2) is 121 Å². The van der Waals surface area contributed by atoms with Crippen molar-refractivity contribution in [1.82, 2.24) is 8.75 Å². The van der Waals surface area contributed by atoms with Crippen LogP contribution in [-0.2, 0) is 5.41 Å². The average Bonchev–Trinajstić information content (AvgIpc) is 4.19. The predicted octanol–water partition coefficient (Wildman–Crippen LogP) is 21.3. The van der Waals surface area contributed by atoms with E-state index in [4.69, 9.17) is 8.75 Å². The van der Waals surface area contributed by atoms with Crippen molar-refractivity contribution in [2.45, 2.75) is 60.8 Å². The minimum atomic E-state index is -0.0180. The average molecular weight is 1070 g/mol. The summed E-state index contributed by atoms with van der Waals surface area (Å²) in [4.78, 5) is 21.2. The molecule has 344 valence electrons. The largest absolute Gasteiger partial charge is 0.172 e. The summed E-state index contributed by atoms with van der Waals surface area (Å²) in [7, 11) is 0. The zero-order valence-electron chi connectivity index (χ0n) is 39.6. The predicted molar refractivity (Wildman–Crippen MR) is 315 cm³/mol. The zero-order valence-corrected chi connectivity index (χ0v) is 47.0. The first-order chi connectivity index (χ1) is 33.8. The second-order valence-corrected chi connectivity index (χ2v) is 28.2. The van der Waals surface area contributed by atoms with Crippen LogP contribution in [0.2, 0.25) is 0 Å². The van der Waals surface area contributed by atoms with E-state index in [1.807, 2.05) is 90.7 Å². The van der Waals surface area contributed by atoms with Gasteiger partial charge in [-0.15, -0.1) is 90.7 Å². The van der Waals surface area contributed by atoms with Gasteiger partial charge < -0.3 is 0 Å². The van der Waals surface area contributed by atoms with E-state index in [-0.39, 0.29) is 5.41 Å². The highest BCUT2D eigenvalue weighted by molar-refractivity contribution is 7.30. The Balaban J connectivity index is 0.739. The number of nitrogens with zero attached hydrogens (tertiary/aromatic N) is 2. The SMILES string of the molecule is Cc1ccc2c(c1)C(C)(C)c1cc(-c3cc(C)c(-c4ccc(-c5ccc(-c6sc(-c7ccc(-c8cc(C)c(-c9ccc(-c%10ccc(-c%11sc(C)cc%11C)s%10)s9)s8)c8nsnc78)cc6C)s5)s4)s3)ccc1-2. The van der Waals surface area contributed by atoms with Gasteiger partial charge in [-0.3, -0.25) is 0 Å². The van der Waals surface area contributed by atoms with Gasteiger partial charge in [0.1, 0.15) is 11.0 Å². The Bertz CT molecular complexity index is 4020. The van der Waals surface area contributed by atoms with Crippen LogP contribution in [0.1, 0.15) is 57.7 Å². The Morgan fingerprint density at radius 3 is 1.19 bits per heavy atom. The van der Waals surface area contributed by atoms with Gasteiger partial charge in [0, 0.05) is 94.6 Å². The number of fused-ring (bicyclic) bond motifs is 4. The highest BCUT2D eigenvalue weighted by Crippen LogP contribution is 2.53. The van der Waals surface area contributed by atoms with Gasteiger partial charge >= 0.3 is 0 Å². The summed E-state index contributed by atoms with van der Waals surface area (Å²) in [6, 6.07) is 46.4. The summed E-state index contributed by atoms with van der Waals surface area (Å²) in [6.45, 7) is 18.1. The number of aromatic nitrogens is 2. The van der Waals surface area contributed by atoms with Crippen LogP contribution >= 0.6 is 102 Å². The molecular weight excluding hydrogens is 1030 g/mol. The van der Waals surface area contributed by atoms with E-state index >= 15 is 0 Å². The highest BCUT2D eigenvalue weighted by Gasteiger charge is 2.36. The summed E-state index contributed by atoms with van der Waals surface area (Å²) >= 11 is 16.4.